The molecule has 0 aromatic rings. The number of rotatable bonds is 0. The fourth-order valence-electron chi connectivity index (χ4n) is 0. The van der Waals surface area contributed by atoms with Gasteiger partial charge in [-0.2, -0.15) is 26.3 Å². The molecular weight excluding hydrogens is 386 g/mol. The number of alkyl halides is 6. The maximum Gasteiger partial charge on any atom is 1.00 e. The molecule has 0 aliphatic heterocycles. The average Bonchev–Trinajstić information content (AvgIpc) is 1.25. The van der Waals surface area contributed by atoms with E-state index >= 15 is 0 Å². The van der Waals surface area contributed by atoms with Gasteiger partial charge >= 0.3 is 58.1 Å². The third-order valence-corrected chi connectivity index (χ3v) is 0. The molecule has 0 atom stereocenters. The van der Waals surface area contributed by atoms with Crippen LogP contribution >= 0.6 is 0 Å². The molecule has 9 heteroatoms. The van der Waals surface area contributed by atoms with Crippen molar-refractivity contribution >= 4 is 13.5 Å². The quantitative estimate of drug-likeness (QED) is 0.442. The molecule has 0 aliphatic rings. The molecule has 0 spiro atoms. The summed E-state index contributed by atoms with van der Waals surface area (Å²) in [5.74, 6) is 0. The summed E-state index contributed by atoms with van der Waals surface area (Å²) >= 11 is 0. The van der Waals surface area contributed by atoms with Gasteiger partial charge in [-0.15, -0.1) is 0 Å². The van der Waals surface area contributed by atoms with Crippen molar-refractivity contribution in [1.82, 2.24) is 0 Å². The largest absolute Gasteiger partial charge is 2.00 e. The van der Waals surface area contributed by atoms with E-state index in [-0.39, 0.29) is 58.3 Å². The van der Waals surface area contributed by atoms with Crippen LogP contribution in [0.4, 0.5) is 26.3 Å². The van der Waals surface area contributed by atoms with Crippen LogP contribution in [0.5, 0.6) is 0 Å². The van der Waals surface area contributed by atoms with E-state index < -0.39 is 13.4 Å². The third-order valence-electron chi connectivity index (χ3n) is 0. The van der Waals surface area contributed by atoms with Crippen molar-refractivity contribution in [2.24, 2.45) is 0 Å². The first-order chi connectivity index (χ1) is 3.46. The molecule has 0 fully saturated rings. The molecule has 0 aliphatic carbocycles. The standard InChI is InChI=1S/2CHF3.2Ag.S/c2*2-1(3)4;;;/h2*1H;;;/q;;2*+1;-2. The molecule has 0 amide bonds. The van der Waals surface area contributed by atoms with Crippen LogP contribution in [0.2, 0.25) is 0 Å². The Morgan fingerprint density at radius 1 is 0.545 bits per heavy atom. The topological polar surface area (TPSA) is 0 Å². The molecule has 0 radical (unpaired) electrons. The van der Waals surface area contributed by atoms with Gasteiger partial charge in [-0.25, -0.2) is 0 Å². The van der Waals surface area contributed by atoms with Gasteiger partial charge in [0, 0.05) is 0 Å². The molecule has 0 bridgehead atoms. The van der Waals surface area contributed by atoms with E-state index in [0.29, 0.717) is 0 Å². The van der Waals surface area contributed by atoms with E-state index in [0.717, 1.165) is 0 Å². The predicted molar refractivity (Wildman–Crippen MR) is 21.6 cm³/mol. The van der Waals surface area contributed by atoms with Crippen LogP contribution in [0.3, 0.4) is 0 Å². The van der Waals surface area contributed by atoms with Crippen LogP contribution in [0.15, 0.2) is 0 Å². The zero-order chi connectivity index (χ0) is 7.15. The molecule has 0 saturated heterocycles. The van der Waals surface area contributed by atoms with Crippen molar-refractivity contribution in [3.05, 3.63) is 0 Å². The van der Waals surface area contributed by atoms with E-state index in [2.05, 4.69) is 0 Å². The van der Waals surface area contributed by atoms with Crippen LogP contribution in [0.25, 0.3) is 0 Å². The third kappa shape index (κ3) is 508. The summed E-state index contributed by atoms with van der Waals surface area (Å²) in [6.45, 7) is -7.33. The van der Waals surface area contributed by atoms with E-state index in [1.807, 2.05) is 0 Å². The molecular formula is C2H2Ag2F6S. The average molecular weight is 388 g/mol. The zero-order valence-corrected chi connectivity index (χ0v) is 8.21. The second kappa shape index (κ2) is 22.5. The minimum atomic E-state index is -3.67. The predicted octanol–water partition coefficient (Wildman–Crippen LogP) is 2.35. The Balaban J connectivity index is -0.0000000171. The van der Waals surface area contributed by atoms with E-state index in [9.17, 15) is 26.3 Å². The van der Waals surface area contributed by atoms with E-state index in [4.69, 9.17) is 0 Å². The number of hydrogen-bond acceptors (Lipinski definition) is 0. The molecule has 0 aromatic carbocycles. The molecule has 0 heterocycles. The molecule has 0 rings (SSSR count). The SMILES string of the molecule is FC(F)F.FC(F)F.[Ag+].[Ag+].[S-2]. The van der Waals surface area contributed by atoms with Gasteiger partial charge in [-0.05, 0) is 0 Å². The maximum atomic E-state index is 9.67. The summed E-state index contributed by atoms with van der Waals surface area (Å²) in [4.78, 5) is 0. The van der Waals surface area contributed by atoms with Crippen molar-refractivity contribution in [3.8, 4) is 0 Å². The first kappa shape index (κ1) is 29.4. The normalized spacial score (nSPS) is 6.55. The van der Waals surface area contributed by atoms with Gasteiger partial charge in [0.05, 0.1) is 0 Å². The van der Waals surface area contributed by atoms with Crippen molar-refractivity contribution in [2.75, 3.05) is 0 Å². The van der Waals surface area contributed by atoms with Gasteiger partial charge < -0.3 is 13.5 Å². The molecule has 0 aromatic heterocycles. The van der Waals surface area contributed by atoms with Crippen molar-refractivity contribution < 1.29 is 71.1 Å². The Morgan fingerprint density at radius 2 is 0.545 bits per heavy atom. The molecule has 0 saturated carbocycles. The Hall–Kier alpha value is 1.41. The second-order valence-corrected chi connectivity index (χ2v) is 0.495. The summed E-state index contributed by atoms with van der Waals surface area (Å²) in [6, 6.07) is 0. The summed E-state index contributed by atoms with van der Waals surface area (Å²) in [5, 5.41) is 0. The first-order valence-electron chi connectivity index (χ1n) is 1.31. The maximum absolute atomic E-state index is 9.67. The van der Waals surface area contributed by atoms with Crippen molar-refractivity contribution in [3.63, 3.8) is 0 Å². The number of halogens is 6. The molecule has 11 heavy (non-hydrogen) atoms. The monoisotopic (exact) mass is 386 g/mol. The van der Waals surface area contributed by atoms with Gasteiger partial charge in [-0.1, -0.05) is 0 Å². The van der Waals surface area contributed by atoms with Gasteiger partial charge in [0.15, 0.2) is 0 Å². The minimum Gasteiger partial charge on any atom is -2.00 e. The fourth-order valence-corrected chi connectivity index (χ4v) is 0. The Bertz CT molecular complexity index is 34.1. The molecule has 0 nitrogen and oxygen atoms in total. The first-order valence-corrected chi connectivity index (χ1v) is 1.31. The van der Waals surface area contributed by atoms with Crippen LogP contribution in [0, 0.1) is 0 Å². The van der Waals surface area contributed by atoms with Gasteiger partial charge in [0.2, 0.25) is 0 Å². The summed E-state index contributed by atoms with van der Waals surface area (Å²) < 4.78 is 58.0. The summed E-state index contributed by atoms with van der Waals surface area (Å²) in [7, 11) is 0. The number of hydrogen-bond donors (Lipinski definition) is 0. The van der Waals surface area contributed by atoms with Crippen molar-refractivity contribution in [1.29, 1.82) is 0 Å². The fraction of sp³-hybridized carbons (Fsp3) is 1.00. The van der Waals surface area contributed by atoms with Crippen LogP contribution in [0.1, 0.15) is 0 Å². The van der Waals surface area contributed by atoms with Crippen LogP contribution in [-0.4, -0.2) is 13.4 Å². The van der Waals surface area contributed by atoms with Crippen LogP contribution < -0.4 is 0 Å². The Morgan fingerprint density at radius 3 is 0.545 bits per heavy atom. The van der Waals surface area contributed by atoms with Crippen molar-refractivity contribution in [2.45, 2.75) is 13.4 Å². The minimum absolute atomic E-state index is 0. The molecule has 80 valence electrons. The van der Waals surface area contributed by atoms with Gasteiger partial charge in [0.25, 0.3) is 0 Å². The van der Waals surface area contributed by atoms with Gasteiger partial charge in [0.1, 0.15) is 0 Å². The smallest absolute Gasteiger partial charge is 1.00 e. The Kier molecular flexibility index (Phi) is 60.2. The van der Waals surface area contributed by atoms with Crippen LogP contribution in [-0.2, 0) is 58.3 Å². The summed E-state index contributed by atoms with van der Waals surface area (Å²) in [5.41, 5.74) is 0. The Labute approximate surface area is 97.6 Å². The molecule has 0 unspecified atom stereocenters. The summed E-state index contributed by atoms with van der Waals surface area (Å²) in [6.07, 6.45) is 0. The second-order valence-electron chi connectivity index (χ2n) is 0.495. The zero-order valence-electron chi connectivity index (χ0n) is 4.43. The van der Waals surface area contributed by atoms with E-state index in [1.165, 1.54) is 0 Å². The van der Waals surface area contributed by atoms with E-state index in [1.54, 1.807) is 0 Å². The van der Waals surface area contributed by atoms with Gasteiger partial charge in [-0.3, -0.25) is 0 Å². The molecule has 0 N–H and O–H groups in total.